The Balaban J connectivity index is 2.57. The van der Waals surface area contributed by atoms with Crippen molar-refractivity contribution < 1.29 is 14.7 Å². The number of nitrogens with zero attached hydrogens (tertiary/aromatic N) is 1. The summed E-state index contributed by atoms with van der Waals surface area (Å²) in [6.45, 7) is 9.93. The minimum absolute atomic E-state index is 0.219. The molecule has 0 aliphatic heterocycles. The Morgan fingerprint density at radius 2 is 1.73 bits per heavy atom. The number of ether oxygens (including phenoxy) is 1. The van der Waals surface area contributed by atoms with E-state index >= 15 is 0 Å². The Labute approximate surface area is 133 Å². The fraction of sp³-hybridized carbons (Fsp3) is 0.588. The Morgan fingerprint density at radius 1 is 1.18 bits per heavy atom. The fourth-order valence-electron chi connectivity index (χ4n) is 1.97. The van der Waals surface area contributed by atoms with Crippen LogP contribution in [0.5, 0.6) is 5.75 Å². The predicted molar refractivity (Wildman–Crippen MR) is 86.9 cm³/mol. The highest BCUT2D eigenvalue weighted by Gasteiger charge is 2.30. The molecule has 0 spiro atoms. The van der Waals surface area contributed by atoms with Crippen LogP contribution in [0.3, 0.4) is 0 Å². The molecule has 0 fully saturated rings. The molecule has 0 aromatic heterocycles. The lowest BCUT2D eigenvalue weighted by Crippen LogP contribution is -2.48. The van der Waals surface area contributed by atoms with Gasteiger partial charge in [0.2, 0.25) is 5.91 Å². The number of rotatable bonds is 6. The minimum atomic E-state index is -0.594. The molecule has 22 heavy (non-hydrogen) atoms. The highest BCUT2D eigenvalue weighted by Crippen LogP contribution is 2.18. The van der Waals surface area contributed by atoms with Gasteiger partial charge in [-0.2, -0.15) is 0 Å². The van der Waals surface area contributed by atoms with Crippen LogP contribution in [0.15, 0.2) is 24.3 Å². The van der Waals surface area contributed by atoms with Gasteiger partial charge in [-0.3, -0.25) is 10.0 Å². The SMILES string of the molecule is COc1ccc(CNC(C)(C)CC(=O)N(O)C(C)(C)C)cc1. The normalized spacial score (nSPS) is 12.1. The first-order chi connectivity index (χ1) is 10.0. The van der Waals surface area contributed by atoms with Gasteiger partial charge in [0.1, 0.15) is 5.75 Å². The van der Waals surface area contributed by atoms with E-state index in [1.54, 1.807) is 27.9 Å². The number of methoxy groups -OCH3 is 1. The maximum absolute atomic E-state index is 12.1. The lowest BCUT2D eigenvalue weighted by atomic mass is 9.98. The van der Waals surface area contributed by atoms with Gasteiger partial charge in [-0.05, 0) is 52.3 Å². The molecule has 0 bridgehead atoms. The standard InChI is InChI=1S/C17H28N2O3/c1-16(2,3)19(21)15(20)11-17(4,5)18-12-13-7-9-14(22-6)10-8-13/h7-10,18,21H,11-12H2,1-6H3. The van der Waals surface area contributed by atoms with E-state index in [0.717, 1.165) is 16.4 Å². The summed E-state index contributed by atoms with van der Waals surface area (Å²) in [4.78, 5) is 12.1. The number of nitrogens with one attached hydrogen (secondary N) is 1. The summed E-state index contributed by atoms with van der Waals surface area (Å²) < 4.78 is 5.13. The van der Waals surface area contributed by atoms with E-state index in [1.807, 2.05) is 38.1 Å². The van der Waals surface area contributed by atoms with E-state index in [4.69, 9.17) is 4.74 Å². The van der Waals surface area contributed by atoms with Crippen molar-refractivity contribution in [3.05, 3.63) is 29.8 Å². The molecule has 0 unspecified atom stereocenters. The van der Waals surface area contributed by atoms with Crippen molar-refractivity contribution in [3.8, 4) is 5.75 Å². The number of hydrogen-bond donors (Lipinski definition) is 2. The zero-order valence-electron chi connectivity index (χ0n) is 14.4. The quantitative estimate of drug-likeness (QED) is 0.626. The van der Waals surface area contributed by atoms with Crippen LogP contribution in [0, 0.1) is 0 Å². The number of carbonyl (C=O) groups excluding carboxylic acids is 1. The Kier molecular flexibility index (Phi) is 5.97. The van der Waals surface area contributed by atoms with Crippen LogP contribution >= 0.6 is 0 Å². The summed E-state index contributed by atoms with van der Waals surface area (Å²) in [5, 5.41) is 14.1. The number of amides is 1. The summed E-state index contributed by atoms with van der Waals surface area (Å²) in [5.41, 5.74) is 0.102. The molecule has 0 saturated carbocycles. The lowest BCUT2D eigenvalue weighted by Gasteiger charge is -2.33. The van der Waals surface area contributed by atoms with Crippen molar-refractivity contribution in [1.82, 2.24) is 10.4 Å². The number of carbonyl (C=O) groups is 1. The molecule has 5 nitrogen and oxygen atoms in total. The zero-order chi connectivity index (χ0) is 17.0. The van der Waals surface area contributed by atoms with Gasteiger partial charge in [-0.15, -0.1) is 0 Å². The van der Waals surface area contributed by atoms with Gasteiger partial charge in [0.05, 0.1) is 12.6 Å². The first kappa shape index (κ1) is 18.5. The van der Waals surface area contributed by atoms with Gasteiger partial charge >= 0.3 is 0 Å². The molecule has 1 amide bonds. The third kappa shape index (κ3) is 5.66. The highest BCUT2D eigenvalue weighted by molar-refractivity contribution is 5.76. The van der Waals surface area contributed by atoms with Crippen LogP contribution in [0.25, 0.3) is 0 Å². The number of hydroxylamine groups is 2. The second-order valence-electron chi connectivity index (χ2n) is 7.14. The molecule has 0 saturated heterocycles. The molecule has 1 aromatic carbocycles. The molecular formula is C17H28N2O3. The average molecular weight is 308 g/mol. The van der Waals surface area contributed by atoms with Crippen LogP contribution in [-0.4, -0.2) is 34.4 Å². The second kappa shape index (κ2) is 7.11. The van der Waals surface area contributed by atoms with Crippen molar-refractivity contribution in [2.75, 3.05) is 7.11 Å². The van der Waals surface area contributed by atoms with E-state index in [-0.39, 0.29) is 12.3 Å². The lowest BCUT2D eigenvalue weighted by molar-refractivity contribution is -0.188. The average Bonchev–Trinajstić information content (AvgIpc) is 2.43. The summed E-state index contributed by atoms with van der Waals surface area (Å²) >= 11 is 0. The summed E-state index contributed by atoms with van der Waals surface area (Å²) in [7, 11) is 1.64. The molecule has 124 valence electrons. The molecule has 2 N–H and O–H groups in total. The summed E-state index contributed by atoms with van der Waals surface area (Å²) in [6, 6.07) is 7.78. The van der Waals surface area contributed by atoms with Crippen LogP contribution < -0.4 is 10.1 Å². The third-order valence-corrected chi connectivity index (χ3v) is 3.39. The molecule has 1 aromatic rings. The first-order valence-corrected chi connectivity index (χ1v) is 7.45. The van der Waals surface area contributed by atoms with Gasteiger partial charge < -0.3 is 10.1 Å². The number of hydrogen-bond acceptors (Lipinski definition) is 4. The van der Waals surface area contributed by atoms with Crippen molar-refractivity contribution in [3.63, 3.8) is 0 Å². The Bertz CT molecular complexity index is 490. The van der Waals surface area contributed by atoms with Crippen LogP contribution in [0.2, 0.25) is 0 Å². The third-order valence-electron chi connectivity index (χ3n) is 3.39. The van der Waals surface area contributed by atoms with Gasteiger partial charge in [0.15, 0.2) is 0 Å². The second-order valence-corrected chi connectivity index (χ2v) is 7.14. The molecule has 5 heteroatoms. The maximum atomic E-state index is 12.1. The molecule has 0 radical (unpaired) electrons. The van der Waals surface area contributed by atoms with Crippen molar-refractivity contribution in [2.45, 2.75) is 58.7 Å². The molecule has 1 rings (SSSR count). The van der Waals surface area contributed by atoms with E-state index in [9.17, 15) is 10.0 Å². The number of benzene rings is 1. The van der Waals surface area contributed by atoms with Crippen molar-refractivity contribution in [1.29, 1.82) is 0 Å². The molecule has 0 aliphatic rings. The van der Waals surface area contributed by atoms with Gasteiger partial charge in [-0.1, -0.05) is 12.1 Å². The van der Waals surface area contributed by atoms with E-state index in [0.29, 0.717) is 6.54 Å². The fourth-order valence-corrected chi connectivity index (χ4v) is 1.97. The molecule has 0 atom stereocenters. The van der Waals surface area contributed by atoms with Gasteiger partial charge in [0, 0.05) is 18.5 Å². The largest absolute Gasteiger partial charge is 0.497 e. The summed E-state index contributed by atoms with van der Waals surface area (Å²) in [6.07, 6.45) is 0.219. The van der Waals surface area contributed by atoms with E-state index in [1.165, 1.54) is 0 Å². The van der Waals surface area contributed by atoms with E-state index < -0.39 is 11.1 Å². The van der Waals surface area contributed by atoms with Crippen LogP contribution in [0.4, 0.5) is 0 Å². The summed E-state index contributed by atoms with van der Waals surface area (Å²) in [5.74, 6) is 0.527. The molecule has 0 heterocycles. The monoisotopic (exact) mass is 308 g/mol. The predicted octanol–water partition coefficient (Wildman–Crippen LogP) is 2.97. The Hall–Kier alpha value is -1.59. The van der Waals surface area contributed by atoms with E-state index in [2.05, 4.69) is 5.32 Å². The Morgan fingerprint density at radius 3 is 2.18 bits per heavy atom. The molecule has 0 aliphatic carbocycles. The van der Waals surface area contributed by atoms with Crippen molar-refractivity contribution in [2.24, 2.45) is 0 Å². The zero-order valence-corrected chi connectivity index (χ0v) is 14.4. The van der Waals surface area contributed by atoms with Crippen LogP contribution in [-0.2, 0) is 11.3 Å². The van der Waals surface area contributed by atoms with Crippen LogP contribution in [0.1, 0.15) is 46.6 Å². The van der Waals surface area contributed by atoms with Gasteiger partial charge in [-0.25, -0.2) is 5.06 Å². The highest BCUT2D eigenvalue weighted by atomic mass is 16.5. The van der Waals surface area contributed by atoms with Gasteiger partial charge in [0.25, 0.3) is 0 Å². The molecular weight excluding hydrogens is 280 g/mol. The minimum Gasteiger partial charge on any atom is -0.497 e. The smallest absolute Gasteiger partial charge is 0.248 e. The topological polar surface area (TPSA) is 61.8 Å². The first-order valence-electron chi connectivity index (χ1n) is 7.45. The maximum Gasteiger partial charge on any atom is 0.248 e. The van der Waals surface area contributed by atoms with Crippen molar-refractivity contribution >= 4 is 5.91 Å².